The summed E-state index contributed by atoms with van der Waals surface area (Å²) in [5.41, 5.74) is 1.13. The summed E-state index contributed by atoms with van der Waals surface area (Å²) in [6.07, 6.45) is 8.97. The normalized spacial score (nSPS) is 18.7. The molecule has 2 aliphatic rings. The van der Waals surface area contributed by atoms with E-state index in [2.05, 4.69) is 20.3 Å². The number of alkyl carbamates (subject to hydrolysis) is 1. The molecule has 5 heterocycles. The Bertz CT molecular complexity index is 1290. The first-order valence-electron chi connectivity index (χ1n) is 12.5. The van der Waals surface area contributed by atoms with Crippen molar-refractivity contribution in [2.24, 2.45) is 5.41 Å². The lowest BCUT2D eigenvalue weighted by Crippen LogP contribution is -2.48. The molecule has 2 aliphatic heterocycles. The molecule has 0 saturated carbocycles. The molecule has 0 radical (unpaired) electrons. The molecular formula is C25H33N7O4S. The van der Waals surface area contributed by atoms with Crippen LogP contribution < -0.4 is 10.2 Å². The van der Waals surface area contributed by atoms with Gasteiger partial charge in [0.05, 0.1) is 30.2 Å². The molecule has 1 fully saturated rings. The van der Waals surface area contributed by atoms with Crippen molar-refractivity contribution in [2.75, 3.05) is 30.9 Å². The molecule has 3 aromatic rings. The molecule has 0 aromatic carbocycles. The summed E-state index contributed by atoms with van der Waals surface area (Å²) in [6, 6.07) is 1.82. The minimum absolute atomic E-state index is 0.144. The monoisotopic (exact) mass is 527 g/mol. The van der Waals surface area contributed by atoms with E-state index in [0.717, 1.165) is 54.7 Å². The fourth-order valence-electron chi connectivity index (χ4n) is 5.24. The third kappa shape index (κ3) is 5.11. The molecule has 0 aliphatic carbocycles. The van der Waals surface area contributed by atoms with E-state index in [1.165, 1.54) is 7.11 Å². The van der Waals surface area contributed by atoms with Crippen molar-refractivity contribution in [1.82, 2.24) is 29.5 Å². The highest BCUT2D eigenvalue weighted by atomic mass is 32.2. The number of esters is 1. The van der Waals surface area contributed by atoms with Gasteiger partial charge in [0, 0.05) is 55.6 Å². The van der Waals surface area contributed by atoms with Gasteiger partial charge in [0.15, 0.2) is 5.65 Å². The molecule has 11 nitrogen and oxygen atoms in total. The number of rotatable bonds is 6. The Kier molecular flexibility index (Phi) is 6.78. The minimum atomic E-state index is -0.564. The molecular weight excluding hydrogens is 494 g/mol. The number of aromatic nitrogens is 5. The van der Waals surface area contributed by atoms with E-state index < -0.39 is 11.7 Å². The second-order valence-corrected chi connectivity index (χ2v) is 11.7. The molecule has 5 rings (SSSR count). The Hall–Kier alpha value is -3.28. The number of anilines is 1. The van der Waals surface area contributed by atoms with E-state index in [1.54, 1.807) is 24.2 Å². The van der Waals surface area contributed by atoms with Crippen molar-refractivity contribution >= 4 is 35.4 Å². The van der Waals surface area contributed by atoms with Crippen molar-refractivity contribution in [3.8, 4) is 0 Å². The number of nitrogens with zero attached hydrogens (tertiary/aromatic N) is 6. The second-order valence-electron chi connectivity index (χ2n) is 10.6. The molecule has 37 heavy (non-hydrogen) atoms. The highest BCUT2D eigenvalue weighted by Crippen LogP contribution is 2.49. The van der Waals surface area contributed by atoms with Crippen molar-refractivity contribution < 1.29 is 19.1 Å². The molecule has 1 amide bonds. The number of amides is 1. The standard InChI is InChI=1S/C25H33N7O4S/c1-24(2,3)36-23(34)29-20-17-5-9-28-32(17)16-25(20)7-11-30(12-8-25)22-27-15-18(21-26-10-13-31(21)22)37-14-6-19(33)35-4/h5,9-10,13,15,20H,6-8,11-12,14,16H2,1-4H3,(H,29,34)/t20-/m1/s1. The van der Waals surface area contributed by atoms with Crippen molar-refractivity contribution in [2.45, 2.75) is 63.1 Å². The number of methoxy groups -OCH3 is 1. The number of piperidine rings is 1. The van der Waals surface area contributed by atoms with E-state index in [-0.39, 0.29) is 17.4 Å². The molecule has 0 unspecified atom stereocenters. The van der Waals surface area contributed by atoms with Gasteiger partial charge in [-0.05, 0) is 39.7 Å². The second kappa shape index (κ2) is 9.88. The van der Waals surface area contributed by atoms with E-state index in [1.807, 2.05) is 48.3 Å². The summed E-state index contributed by atoms with van der Waals surface area (Å²) in [7, 11) is 1.40. The van der Waals surface area contributed by atoms with Gasteiger partial charge < -0.3 is 19.7 Å². The summed E-state index contributed by atoms with van der Waals surface area (Å²) in [6.45, 7) is 7.93. The molecule has 0 bridgehead atoms. The van der Waals surface area contributed by atoms with E-state index >= 15 is 0 Å². The maximum atomic E-state index is 12.7. The molecule has 1 spiro atoms. The lowest BCUT2D eigenvalue weighted by Gasteiger charge is -2.43. The van der Waals surface area contributed by atoms with Gasteiger partial charge in [-0.1, -0.05) is 0 Å². The van der Waals surface area contributed by atoms with Gasteiger partial charge in [0.25, 0.3) is 0 Å². The Labute approximate surface area is 219 Å². The van der Waals surface area contributed by atoms with Crippen molar-refractivity contribution in [1.29, 1.82) is 0 Å². The number of imidazole rings is 1. The van der Waals surface area contributed by atoms with Crippen LogP contribution in [0.3, 0.4) is 0 Å². The van der Waals surface area contributed by atoms with Crippen LogP contribution >= 0.6 is 11.8 Å². The first-order chi connectivity index (χ1) is 17.7. The van der Waals surface area contributed by atoms with E-state index in [4.69, 9.17) is 14.5 Å². The average Bonchev–Trinajstić information content (AvgIpc) is 3.56. The smallest absolute Gasteiger partial charge is 0.408 e. The van der Waals surface area contributed by atoms with Crippen molar-refractivity contribution in [3.05, 3.63) is 36.5 Å². The summed E-state index contributed by atoms with van der Waals surface area (Å²) < 4.78 is 14.3. The minimum Gasteiger partial charge on any atom is -0.469 e. The lowest BCUT2D eigenvalue weighted by molar-refractivity contribution is -0.140. The highest BCUT2D eigenvalue weighted by molar-refractivity contribution is 7.99. The van der Waals surface area contributed by atoms with Gasteiger partial charge >= 0.3 is 12.1 Å². The summed E-state index contributed by atoms with van der Waals surface area (Å²) in [5.74, 6) is 1.21. The Morgan fingerprint density at radius 1 is 1.22 bits per heavy atom. The first kappa shape index (κ1) is 25.4. The summed E-state index contributed by atoms with van der Waals surface area (Å²) in [5, 5.41) is 7.65. The fraction of sp³-hybridized carbons (Fsp3) is 0.560. The van der Waals surface area contributed by atoms with Gasteiger partial charge in [0.1, 0.15) is 5.60 Å². The zero-order valence-corrected chi connectivity index (χ0v) is 22.5. The van der Waals surface area contributed by atoms with Crippen LogP contribution in [0, 0.1) is 5.41 Å². The maximum absolute atomic E-state index is 12.7. The number of hydrogen-bond donors (Lipinski definition) is 1. The zero-order valence-electron chi connectivity index (χ0n) is 21.6. The number of carbonyl (C=O) groups is 2. The molecule has 1 atom stereocenters. The van der Waals surface area contributed by atoms with Crippen LogP contribution in [0.1, 0.15) is 51.8 Å². The fourth-order valence-corrected chi connectivity index (χ4v) is 6.14. The predicted octanol–water partition coefficient (Wildman–Crippen LogP) is 3.45. The Balaban J connectivity index is 1.31. The van der Waals surface area contributed by atoms with Gasteiger partial charge in [-0.3, -0.25) is 13.9 Å². The van der Waals surface area contributed by atoms with Crippen LogP contribution in [0.15, 0.2) is 35.7 Å². The van der Waals surface area contributed by atoms with Gasteiger partial charge in [-0.25, -0.2) is 14.8 Å². The Morgan fingerprint density at radius 2 is 2.00 bits per heavy atom. The highest BCUT2D eigenvalue weighted by Gasteiger charge is 2.50. The average molecular weight is 528 g/mol. The predicted molar refractivity (Wildman–Crippen MR) is 139 cm³/mol. The van der Waals surface area contributed by atoms with Crippen LogP contribution in [0.5, 0.6) is 0 Å². The number of hydrogen-bond acceptors (Lipinski definition) is 9. The van der Waals surface area contributed by atoms with E-state index in [0.29, 0.717) is 12.2 Å². The summed E-state index contributed by atoms with van der Waals surface area (Å²) >= 11 is 1.55. The van der Waals surface area contributed by atoms with E-state index in [9.17, 15) is 9.59 Å². The Morgan fingerprint density at radius 3 is 2.73 bits per heavy atom. The first-order valence-corrected chi connectivity index (χ1v) is 13.5. The zero-order chi connectivity index (χ0) is 26.2. The van der Waals surface area contributed by atoms with Gasteiger partial charge in [0.2, 0.25) is 5.95 Å². The van der Waals surface area contributed by atoms with Crippen LogP contribution in [0.4, 0.5) is 10.7 Å². The summed E-state index contributed by atoms with van der Waals surface area (Å²) in [4.78, 5) is 36.7. The van der Waals surface area contributed by atoms with Crippen LogP contribution in [-0.4, -0.2) is 67.8 Å². The lowest BCUT2D eigenvalue weighted by atomic mass is 9.73. The molecule has 12 heteroatoms. The number of ether oxygens (including phenoxy) is 2. The quantitative estimate of drug-likeness (QED) is 0.380. The molecule has 3 aromatic heterocycles. The SMILES string of the molecule is COC(=O)CCSc1cnc(N2CCC3(CC2)Cn2nccc2[C@H]3NC(=O)OC(C)(C)C)n2ccnc12. The van der Waals surface area contributed by atoms with Crippen LogP contribution in [0.25, 0.3) is 5.65 Å². The van der Waals surface area contributed by atoms with Crippen molar-refractivity contribution in [3.63, 3.8) is 0 Å². The maximum Gasteiger partial charge on any atom is 0.408 e. The number of carbonyl (C=O) groups excluding carboxylic acids is 2. The molecule has 1 saturated heterocycles. The van der Waals surface area contributed by atoms with Crippen LogP contribution in [-0.2, 0) is 20.8 Å². The number of nitrogens with one attached hydrogen (secondary N) is 1. The number of fused-ring (bicyclic) bond motifs is 2. The van der Waals surface area contributed by atoms with Crippen LogP contribution in [0.2, 0.25) is 0 Å². The molecule has 1 N–H and O–H groups in total. The number of thioether (sulfide) groups is 1. The topological polar surface area (TPSA) is 116 Å². The largest absolute Gasteiger partial charge is 0.469 e. The third-order valence-corrected chi connectivity index (χ3v) is 8.00. The molecule has 198 valence electrons. The van der Waals surface area contributed by atoms with Gasteiger partial charge in [-0.15, -0.1) is 11.8 Å². The third-order valence-electron chi connectivity index (χ3n) is 6.99. The van der Waals surface area contributed by atoms with Gasteiger partial charge in [-0.2, -0.15) is 5.10 Å².